The summed E-state index contributed by atoms with van der Waals surface area (Å²) in [6.07, 6.45) is 45.7. The van der Waals surface area contributed by atoms with E-state index in [2.05, 4.69) is 37.5 Å². The van der Waals surface area contributed by atoms with E-state index in [1.807, 2.05) is 0 Å². The SMILES string of the molecule is CCCCCCCCC(CCCCCC)COC(=O)CCCCCN(CCCCCC(=O)OCC(CCCCCC)CCCCCCCC)CCN(CCO)C1CCCCCC1. The summed E-state index contributed by atoms with van der Waals surface area (Å²) in [7, 11) is 0. The van der Waals surface area contributed by atoms with Gasteiger partial charge in [0.15, 0.2) is 0 Å². The van der Waals surface area contributed by atoms with Crippen molar-refractivity contribution in [3.8, 4) is 0 Å². The third-order valence-electron chi connectivity index (χ3n) is 14.0. The largest absolute Gasteiger partial charge is 0.465 e. The van der Waals surface area contributed by atoms with Gasteiger partial charge >= 0.3 is 11.9 Å². The van der Waals surface area contributed by atoms with E-state index >= 15 is 0 Å². The molecule has 0 aromatic rings. The van der Waals surface area contributed by atoms with Gasteiger partial charge in [0.2, 0.25) is 0 Å². The predicted octanol–water partition coefficient (Wildman–Crippen LogP) is 15.2. The number of aliphatic hydroxyl groups is 1. The average Bonchev–Trinajstić information content (AvgIpc) is 3.57. The molecule has 1 fully saturated rings. The van der Waals surface area contributed by atoms with Crippen molar-refractivity contribution in [1.82, 2.24) is 9.80 Å². The van der Waals surface area contributed by atoms with E-state index in [4.69, 9.17) is 9.47 Å². The molecule has 0 spiro atoms. The molecular formula is C55H108N2O5. The summed E-state index contributed by atoms with van der Waals surface area (Å²) in [6.45, 7) is 15.4. The van der Waals surface area contributed by atoms with E-state index in [1.165, 1.54) is 193 Å². The first-order chi connectivity index (χ1) is 30.5. The Bertz CT molecular complexity index is 898. The second kappa shape index (κ2) is 45.0. The van der Waals surface area contributed by atoms with Gasteiger partial charge in [-0.3, -0.25) is 14.5 Å². The van der Waals surface area contributed by atoms with E-state index in [1.54, 1.807) is 0 Å². The van der Waals surface area contributed by atoms with Gasteiger partial charge in [0.05, 0.1) is 19.8 Å². The Kier molecular flexibility index (Phi) is 42.7. The van der Waals surface area contributed by atoms with Gasteiger partial charge in [-0.05, 0) is 89.1 Å². The van der Waals surface area contributed by atoms with Gasteiger partial charge in [0.1, 0.15) is 0 Å². The van der Waals surface area contributed by atoms with Crippen LogP contribution in [0.3, 0.4) is 0 Å². The number of rotatable bonds is 46. The lowest BCUT2D eigenvalue weighted by Crippen LogP contribution is -2.43. The number of aliphatic hydroxyl groups excluding tert-OH is 1. The van der Waals surface area contributed by atoms with Crippen molar-refractivity contribution in [2.45, 2.75) is 278 Å². The molecule has 0 saturated heterocycles. The maximum atomic E-state index is 12.9. The smallest absolute Gasteiger partial charge is 0.305 e. The maximum Gasteiger partial charge on any atom is 0.305 e. The fourth-order valence-corrected chi connectivity index (χ4v) is 9.73. The minimum absolute atomic E-state index is 0.00904. The molecule has 1 aliphatic rings. The highest BCUT2D eigenvalue weighted by atomic mass is 16.5. The number of ether oxygens (including phenoxy) is 2. The first kappa shape index (κ1) is 58.8. The van der Waals surface area contributed by atoms with Crippen LogP contribution in [0.1, 0.15) is 272 Å². The van der Waals surface area contributed by atoms with Crippen LogP contribution in [-0.2, 0) is 19.1 Å². The third-order valence-corrected chi connectivity index (χ3v) is 14.0. The molecule has 1 N–H and O–H groups in total. The summed E-state index contributed by atoms with van der Waals surface area (Å²) in [5, 5.41) is 9.96. The third kappa shape index (κ3) is 36.1. The molecule has 1 rings (SSSR count). The first-order valence-electron chi connectivity index (χ1n) is 27.9. The van der Waals surface area contributed by atoms with Gasteiger partial charge in [-0.15, -0.1) is 0 Å². The van der Waals surface area contributed by atoms with Crippen molar-refractivity contribution in [1.29, 1.82) is 0 Å². The summed E-state index contributed by atoms with van der Waals surface area (Å²) in [6, 6.07) is 0.590. The maximum absolute atomic E-state index is 12.9. The molecule has 1 saturated carbocycles. The van der Waals surface area contributed by atoms with Gasteiger partial charge in [0.25, 0.3) is 0 Å². The monoisotopic (exact) mass is 877 g/mol. The molecule has 0 aromatic carbocycles. The zero-order valence-electron chi connectivity index (χ0n) is 42.2. The molecule has 2 atom stereocenters. The van der Waals surface area contributed by atoms with Crippen LogP contribution in [0.4, 0.5) is 0 Å². The summed E-state index contributed by atoms with van der Waals surface area (Å²) in [5.74, 6) is 1.01. The van der Waals surface area contributed by atoms with E-state index in [-0.39, 0.29) is 18.5 Å². The Morgan fingerprint density at radius 1 is 0.452 bits per heavy atom. The number of hydrogen-bond acceptors (Lipinski definition) is 7. The van der Waals surface area contributed by atoms with Crippen LogP contribution < -0.4 is 0 Å². The van der Waals surface area contributed by atoms with Crippen molar-refractivity contribution in [3.05, 3.63) is 0 Å². The van der Waals surface area contributed by atoms with Crippen molar-refractivity contribution in [3.63, 3.8) is 0 Å². The van der Waals surface area contributed by atoms with Crippen LogP contribution >= 0.6 is 0 Å². The van der Waals surface area contributed by atoms with Crippen LogP contribution in [0.2, 0.25) is 0 Å². The summed E-state index contributed by atoms with van der Waals surface area (Å²) >= 11 is 0. The quantitative estimate of drug-likeness (QED) is 0.0371. The zero-order valence-corrected chi connectivity index (χ0v) is 42.2. The molecule has 0 aliphatic heterocycles. The van der Waals surface area contributed by atoms with E-state index in [0.29, 0.717) is 43.9 Å². The van der Waals surface area contributed by atoms with E-state index in [9.17, 15) is 14.7 Å². The number of hydrogen-bond donors (Lipinski definition) is 1. The van der Waals surface area contributed by atoms with Crippen LogP contribution in [0.5, 0.6) is 0 Å². The summed E-state index contributed by atoms with van der Waals surface area (Å²) < 4.78 is 11.8. The molecule has 0 aromatic heterocycles. The zero-order chi connectivity index (χ0) is 45.0. The van der Waals surface area contributed by atoms with Gasteiger partial charge in [-0.25, -0.2) is 0 Å². The molecule has 0 bridgehead atoms. The van der Waals surface area contributed by atoms with Gasteiger partial charge in [-0.1, -0.05) is 195 Å². The second-order valence-electron chi connectivity index (χ2n) is 19.8. The molecule has 2 unspecified atom stereocenters. The molecule has 7 heteroatoms. The highest BCUT2D eigenvalue weighted by Gasteiger charge is 2.21. The lowest BCUT2D eigenvalue weighted by atomic mass is 9.95. The molecule has 0 radical (unpaired) electrons. The van der Waals surface area contributed by atoms with Gasteiger partial charge in [0, 0.05) is 38.5 Å². The topological polar surface area (TPSA) is 79.3 Å². The lowest BCUT2D eigenvalue weighted by Gasteiger charge is -2.33. The Balaban J connectivity index is 2.58. The van der Waals surface area contributed by atoms with Crippen molar-refractivity contribution in [2.24, 2.45) is 11.8 Å². The van der Waals surface area contributed by atoms with E-state index in [0.717, 1.165) is 71.2 Å². The van der Waals surface area contributed by atoms with E-state index < -0.39 is 0 Å². The Hall–Kier alpha value is -1.18. The van der Waals surface area contributed by atoms with Crippen molar-refractivity contribution < 1.29 is 24.2 Å². The number of esters is 2. The Morgan fingerprint density at radius 2 is 0.823 bits per heavy atom. The molecule has 0 amide bonds. The van der Waals surface area contributed by atoms with Crippen LogP contribution in [-0.4, -0.2) is 85.4 Å². The minimum atomic E-state index is -0.00904. The Morgan fingerprint density at radius 3 is 1.23 bits per heavy atom. The second-order valence-corrected chi connectivity index (χ2v) is 19.8. The summed E-state index contributed by atoms with van der Waals surface area (Å²) in [4.78, 5) is 30.9. The van der Waals surface area contributed by atoms with Crippen molar-refractivity contribution in [2.75, 3.05) is 52.5 Å². The number of carbonyl (C=O) groups is 2. The molecule has 7 nitrogen and oxygen atoms in total. The average molecular weight is 877 g/mol. The molecule has 1 aliphatic carbocycles. The Labute approximate surface area is 386 Å². The fraction of sp³-hybridized carbons (Fsp3) is 0.964. The normalized spacial score (nSPS) is 14.7. The van der Waals surface area contributed by atoms with Crippen molar-refractivity contribution >= 4 is 11.9 Å². The first-order valence-corrected chi connectivity index (χ1v) is 27.9. The highest BCUT2D eigenvalue weighted by molar-refractivity contribution is 5.69. The highest BCUT2D eigenvalue weighted by Crippen LogP contribution is 2.24. The fourth-order valence-electron chi connectivity index (χ4n) is 9.73. The number of carbonyl (C=O) groups excluding carboxylic acids is 2. The van der Waals surface area contributed by atoms with Crippen LogP contribution in [0.25, 0.3) is 0 Å². The number of nitrogens with zero attached hydrogens (tertiary/aromatic N) is 2. The molecular weight excluding hydrogens is 769 g/mol. The number of unbranched alkanes of at least 4 members (excludes halogenated alkanes) is 20. The standard InChI is InChI=1S/C55H108N2O5/c1-5-9-13-17-19-27-37-51(35-25-15-11-7-3)49-61-54(59)41-31-23-33-43-56(45-46-57(47-48-58)53-39-29-21-22-30-40-53)44-34-24-32-42-55(60)62-50-52(36-26-16-12-8-4)38-28-20-18-14-10-6-2/h51-53,58H,5-50H2,1-4H3. The lowest BCUT2D eigenvalue weighted by molar-refractivity contribution is -0.146. The van der Waals surface area contributed by atoms with Crippen LogP contribution in [0, 0.1) is 11.8 Å². The minimum Gasteiger partial charge on any atom is -0.465 e. The molecule has 368 valence electrons. The van der Waals surface area contributed by atoms with Crippen LogP contribution in [0.15, 0.2) is 0 Å². The van der Waals surface area contributed by atoms with Gasteiger partial charge < -0.3 is 19.5 Å². The molecule has 62 heavy (non-hydrogen) atoms. The predicted molar refractivity (Wildman–Crippen MR) is 266 cm³/mol. The summed E-state index contributed by atoms with van der Waals surface area (Å²) in [5.41, 5.74) is 0. The van der Waals surface area contributed by atoms with Gasteiger partial charge in [-0.2, -0.15) is 0 Å². The molecule has 0 heterocycles.